The van der Waals surface area contributed by atoms with Gasteiger partial charge in [-0.05, 0) is 0 Å². The van der Waals surface area contributed by atoms with Gasteiger partial charge in [-0.25, -0.2) is 4.99 Å². The van der Waals surface area contributed by atoms with Crippen molar-refractivity contribution in [3.63, 3.8) is 0 Å². The molecule has 0 N–H and O–H groups in total. The van der Waals surface area contributed by atoms with Crippen molar-refractivity contribution >= 4 is 28.9 Å². The monoisotopic (exact) mass is 208 g/mol. The Balaban J connectivity index is 2.49. The molecule has 0 fully saturated rings. The maximum atomic E-state index is 5.24. The van der Waals surface area contributed by atoms with Gasteiger partial charge in [-0.15, -0.1) is 0 Å². The molecule has 0 saturated carbocycles. The van der Waals surface area contributed by atoms with Gasteiger partial charge in [-0.2, -0.15) is 14.8 Å². The quantitative estimate of drug-likeness (QED) is 0.612. The van der Waals surface area contributed by atoms with Gasteiger partial charge < -0.3 is 0 Å². The molecule has 2 heterocycles. The normalized spacial score (nSPS) is 16.5. The molecule has 0 aromatic carbocycles. The zero-order chi connectivity index (χ0) is 10.3. The first-order valence-corrected chi connectivity index (χ1v) is 4.90. The average molecular weight is 208 g/mol. The SMILES string of the molecule is CC(C)(C)C1=Nc2ncnn2C(=S)C1. The van der Waals surface area contributed by atoms with Gasteiger partial charge in [0, 0.05) is 17.5 Å². The van der Waals surface area contributed by atoms with Crippen LogP contribution in [0.5, 0.6) is 0 Å². The van der Waals surface area contributed by atoms with Crippen LogP contribution in [0.3, 0.4) is 0 Å². The second kappa shape index (κ2) is 2.95. The zero-order valence-corrected chi connectivity index (χ0v) is 9.30. The fraction of sp³-hybridized carbons (Fsp3) is 0.556. The van der Waals surface area contributed by atoms with Crippen LogP contribution in [-0.4, -0.2) is 25.5 Å². The number of aromatic nitrogens is 3. The smallest absolute Gasteiger partial charge is 0.220 e. The third-order valence-corrected chi connectivity index (χ3v) is 2.50. The van der Waals surface area contributed by atoms with Crippen LogP contribution < -0.4 is 0 Å². The standard InChI is InChI=1S/C9H12N4S/c1-9(2,3)6-4-7(14)13-8(12-6)10-5-11-13/h5H,4H2,1-3H3. The Morgan fingerprint density at radius 2 is 2.14 bits per heavy atom. The molecule has 0 spiro atoms. The van der Waals surface area contributed by atoms with Crippen molar-refractivity contribution in [1.29, 1.82) is 0 Å². The number of hydrogen-bond acceptors (Lipinski definition) is 4. The molecule has 0 radical (unpaired) electrons. The minimum atomic E-state index is 0.0429. The van der Waals surface area contributed by atoms with Crippen LogP contribution in [-0.2, 0) is 0 Å². The lowest BCUT2D eigenvalue weighted by Crippen LogP contribution is -2.28. The number of rotatable bonds is 0. The Hall–Kier alpha value is -1.10. The van der Waals surface area contributed by atoms with Crippen molar-refractivity contribution in [3.8, 4) is 0 Å². The van der Waals surface area contributed by atoms with E-state index in [2.05, 4.69) is 35.8 Å². The van der Waals surface area contributed by atoms with Gasteiger partial charge in [0.15, 0.2) is 0 Å². The fourth-order valence-corrected chi connectivity index (χ4v) is 1.56. The van der Waals surface area contributed by atoms with Crippen molar-refractivity contribution < 1.29 is 0 Å². The van der Waals surface area contributed by atoms with Crippen LogP contribution >= 0.6 is 12.2 Å². The number of fused-ring (bicyclic) bond motifs is 1. The van der Waals surface area contributed by atoms with E-state index in [0.29, 0.717) is 12.4 Å². The minimum absolute atomic E-state index is 0.0429. The van der Waals surface area contributed by atoms with E-state index in [1.807, 2.05) is 0 Å². The lowest BCUT2D eigenvalue weighted by atomic mass is 9.87. The molecular formula is C9H12N4S. The Morgan fingerprint density at radius 3 is 2.79 bits per heavy atom. The average Bonchev–Trinajstić information content (AvgIpc) is 2.50. The lowest BCUT2D eigenvalue weighted by molar-refractivity contribution is 0.581. The lowest BCUT2D eigenvalue weighted by Gasteiger charge is -2.24. The molecule has 0 bridgehead atoms. The van der Waals surface area contributed by atoms with E-state index in [9.17, 15) is 0 Å². The zero-order valence-electron chi connectivity index (χ0n) is 8.48. The summed E-state index contributed by atoms with van der Waals surface area (Å²) in [4.78, 5) is 9.27. The second-order valence-electron chi connectivity index (χ2n) is 4.35. The van der Waals surface area contributed by atoms with E-state index in [-0.39, 0.29) is 5.41 Å². The fourth-order valence-electron chi connectivity index (χ4n) is 1.30. The van der Waals surface area contributed by atoms with E-state index < -0.39 is 0 Å². The van der Waals surface area contributed by atoms with Gasteiger partial charge in [0.1, 0.15) is 11.3 Å². The van der Waals surface area contributed by atoms with Crippen molar-refractivity contribution in [2.75, 3.05) is 0 Å². The van der Waals surface area contributed by atoms with Crippen LogP contribution in [0.1, 0.15) is 27.2 Å². The predicted octanol–water partition coefficient (Wildman–Crippen LogP) is 1.98. The van der Waals surface area contributed by atoms with Crippen molar-refractivity contribution in [1.82, 2.24) is 14.8 Å². The van der Waals surface area contributed by atoms with Crippen LogP contribution in [0.25, 0.3) is 0 Å². The van der Waals surface area contributed by atoms with Crippen molar-refractivity contribution in [3.05, 3.63) is 6.33 Å². The molecule has 1 aromatic rings. The van der Waals surface area contributed by atoms with Crippen LogP contribution in [0, 0.1) is 5.41 Å². The molecule has 0 aliphatic carbocycles. The third-order valence-electron chi connectivity index (χ3n) is 2.19. The molecule has 5 heteroatoms. The highest BCUT2D eigenvalue weighted by molar-refractivity contribution is 7.80. The first-order valence-electron chi connectivity index (χ1n) is 4.50. The van der Waals surface area contributed by atoms with E-state index in [4.69, 9.17) is 12.2 Å². The number of nitrogens with zero attached hydrogens (tertiary/aromatic N) is 4. The molecule has 2 rings (SSSR count). The van der Waals surface area contributed by atoms with Gasteiger partial charge in [0.05, 0.1) is 0 Å². The summed E-state index contributed by atoms with van der Waals surface area (Å²) in [5, 5.41) is 4.01. The summed E-state index contributed by atoms with van der Waals surface area (Å²) in [7, 11) is 0. The summed E-state index contributed by atoms with van der Waals surface area (Å²) in [6.45, 7) is 6.38. The molecule has 1 aliphatic rings. The Kier molecular flexibility index (Phi) is 1.99. The van der Waals surface area contributed by atoms with Crippen molar-refractivity contribution in [2.45, 2.75) is 27.2 Å². The summed E-state index contributed by atoms with van der Waals surface area (Å²) < 4.78 is 1.62. The molecule has 4 nitrogen and oxygen atoms in total. The maximum absolute atomic E-state index is 5.24. The van der Waals surface area contributed by atoms with Crippen molar-refractivity contribution in [2.24, 2.45) is 10.4 Å². The Bertz CT molecular complexity index is 411. The first-order chi connectivity index (χ1) is 6.48. The first kappa shape index (κ1) is 9.45. The van der Waals surface area contributed by atoms with Crippen LogP contribution in [0.2, 0.25) is 0 Å². The molecule has 74 valence electrons. The topological polar surface area (TPSA) is 43.1 Å². The Labute approximate surface area is 88.1 Å². The molecule has 0 unspecified atom stereocenters. The summed E-state index contributed by atoms with van der Waals surface area (Å²) in [5.41, 5.74) is 1.12. The molecular weight excluding hydrogens is 196 g/mol. The van der Waals surface area contributed by atoms with E-state index in [1.165, 1.54) is 6.33 Å². The van der Waals surface area contributed by atoms with E-state index in [1.54, 1.807) is 4.68 Å². The molecule has 14 heavy (non-hydrogen) atoms. The Morgan fingerprint density at radius 1 is 1.43 bits per heavy atom. The molecule has 0 saturated heterocycles. The van der Waals surface area contributed by atoms with E-state index >= 15 is 0 Å². The van der Waals surface area contributed by atoms with Gasteiger partial charge in [-0.3, -0.25) is 0 Å². The second-order valence-corrected chi connectivity index (χ2v) is 4.82. The van der Waals surface area contributed by atoms with Gasteiger partial charge >= 0.3 is 0 Å². The summed E-state index contributed by atoms with van der Waals surface area (Å²) >= 11 is 5.24. The number of hydrogen-bond donors (Lipinski definition) is 0. The molecule has 0 amide bonds. The summed E-state index contributed by atoms with van der Waals surface area (Å²) in [5.74, 6) is 0.603. The maximum Gasteiger partial charge on any atom is 0.253 e. The van der Waals surface area contributed by atoms with Crippen LogP contribution in [0.15, 0.2) is 11.3 Å². The van der Waals surface area contributed by atoms with Crippen LogP contribution in [0.4, 0.5) is 5.95 Å². The minimum Gasteiger partial charge on any atom is -0.220 e. The largest absolute Gasteiger partial charge is 0.253 e. The molecule has 0 atom stereocenters. The van der Waals surface area contributed by atoms with Gasteiger partial charge in [0.25, 0.3) is 5.95 Å². The highest BCUT2D eigenvalue weighted by Crippen LogP contribution is 2.26. The number of aliphatic imine (C=N–C) groups is 1. The third kappa shape index (κ3) is 1.48. The van der Waals surface area contributed by atoms with Gasteiger partial charge in [0.2, 0.25) is 0 Å². The molecule has 1 aromatic heterocycles. The highest BCUT2D eigenvalue weighted by atomic mass is 32.1. The summed E-state index contributed by atoms with van der Waals surface area (Å²) in [6.07, 6.45) is 2.19. The highest BCUT2D eigenvalue weighted by Gasteiger charge is 2.26. The van der Waals surface area contributed by atoms with Gasteiger partial charge in [-0.1, -0.05) is 33.0 Å². The molecule has 1 aliphatic heterocycles. The number of thiocarbonyl (C=S) groups is 1. The predicted molar refractivity (Wildman–Crippen MR) is 59.2 cm³/mol. The van der Waals surface area contributed by atoms with E-state index in [0.717, 1.165) is 10.7 Å². The summed E-state index contributed by atoms with van der Waals surface area (Å²) in [6, 6.07) is 0.